The van der Waals surface area contributed by atoms with Gasteiger partial charge in [-0.2, -0.15) is 0 Å². The van der Waals surface area contributed by atoms with Crippen LogP contribution in [0.2, 0.25) is 0 Å². The SMILES string of the molecule is OC[C@@H]1CN(C[C@@H]2CCCOC2)c2ccccc2O1. The van der Waals surface area contributed by atoms with Crippen molar-refractivity contribution in [1.29, 1.82) is 0 Å². The maximum atomic E-state index is 9.36. The number of nitrogens with zero attached hydrogens (tertiary/aromatic N) is 1. The quantitative estimate of drug-likeness (QED) is 0.901. The number of hydrogen-bond donors (Lipinski definition) is 1. The van der Waals surface area contributed by atoms with Crippen LogP contribution in [-0.2, 0) is 4.74 Å². The molecule has 4 nitrogen and oxygen atoms in total. The minimum Gasteiger partial charge on any atom is -0.484 e. The molecule has 2 aliphatic heterocycles. The van der Waals surface area contributed by atoms with Crippen molar-refractivity contribution >= 4 is 5.69 Å². The third-order valence-corrected chi connectivity index (χ3v) is 3.86. The third kappa shape index (κ3) is 2.85. The van der Waals surface area contributed by atoms with E-state index >= 15 is 0 Å². The van der Waals surface area contributed by atoms with E-state index < -0.39 is 0 Å². The van der Waals surface area contributed by atoms with Gasteiger partial charge in [0.05, 0.1) is 25.4 Å². The Balaban J connectivity index is 1.75. The second kappa shape index (κ2) is 5.80. The van der Waals surface area contributed by atoms with Gasteiger partial charge in [0.15, 0.2) is 0 Å². The first kappa shape index (κ1) is 12.8. The molecule has 0 bridgehead atoms. The molecule has 0 amide bonds. The summed E-state index contributed by atoms with van der Waals surface area (Å²) in [5, 5.41) is 9.36. The molecule has 1 N–H and O–H groups in total. The Morgan fingerprint density at radius 3 is 3.00 bits per heavy atom. The van der Waals surface area contributed by atoms with Crippen LogP contribution < -0.4 is 9.64 Å². The molecule has 2 atom stereocenters. The van der Waals surface area contributed by atoms with Crippen LogP contribution in [0.1, 0.15) is 12.8 Å². The van der Waals surface area contributed by atoms with Gasteiger partial charge in [-0.25, -0.2) is 0 Å². The van der Waals surface area contributed by atoms with Gasteiger partial charge in [-0.3, -0.25) is 0 Å². The number of anilines is 1. The second-order valence-electron chi connectivity index (χ2n) is 5.38. The van der Waals surface area contributed by atoms with E-state index in [4.69, 9.17) is 9.47 Å². The molecule has 2 aliphatic rings. The van der Waals surface area contributed by atoms with Crippen molar-refractivity contribution in [2.24, 2.45) is 5.92 Å². The molecule has 0 aliphatic carbocycles. The van der Waals surface area contributed by atoms with Crippen molar-refractivity contribution in [3.63, 3.8) is 0 Å². The predicted molar refractivity (Wildman–Crippen MR) is 73.7 cm³/mol. The molecule has 0 spiro atoms. The Kier molecular flexibility index (Phi) is 3.89. The number of aliphatic hydroxyl groups is 1. The normalized spacial score (nSPS) is 26.7. The number of benzene rings is 1. The Bertz CT molecular complexity index is 418. The maximum Gasteiger partial charge on any atom is 0.143 e. The summed E-state index contributed by atoms with van der Waals surface area (Å²) in [6.07, 6.45) is 2.25. The van der Waals surface area contributed by atoms with Gasteiger partial charge in [0.1, 0.15) is 11.9 Å². The first-order chi connectivity index (χ1) is 9.36. The van der Waals surface area contributed by atoms with Crippen LogP contribution in [0.15, 0.2) is 24.3 Å². The maximum absolute atomic E-state index is 9.36. The smallest absolute Gasteiger partial charge is 0.143 e. The highest BCUT2D eigenvalue weighted by atomic mass is 16.5. The fourth-order valence-electron chi connectivity index (χ4n) is 2.91. The van der Waals surface area contributed by atoms with Gasteiger partial charge in [0.25, 0.3) is 0 Å². The van der Waals surface area contributed by atoms with Gasteiger partial charge in [-0.1, -0.05) is 12.1 Å². The van der Waals surface area contributed by atoms with Crippen LogP contribution in [0.3, 0.4) is 0 Å². The highest BCUT2D eigenvalue weighted by Crippen LogP contribution is 2.34. The molecular formula is C15H21NO3. The van der Waals surface area contributed by atoms with Crippen LogP contribution in [-0.4, -0.2) is 44.1 Å². The van der Waals surface area contributed by atoms with Crippen molar-refractivity contribution < 1.29 is 14.6 Å². The minimum atomic E-state index is -0.126. The van der Waals surface area contributed by atoms with Gasteiger partial charge < -0.3 is 19.5 Å². The fraction of sp³-hybridized carbons (Fsp3) is 0.600. The predicted octanol–water partition coefficient (Wildman–Crippen LogP) is 1.67. The van der Waals surface area contributed by atoms with Crippen molar-refractivity contribution in [1.82, 2.24) is 0 Å². The van der Waals surface area contributed by atoms with E-state index in [1.165, 1.54) is 6.42 Å². The van der Waals surface area contributed by atoms with E-state index in [1.54, 1.807) is 0 Å². The monoisotopic (exact) mass is 263 g/mol. The number of rotatable bonds is 3. The lowest BCUT2D eigenvalue weighted by molar-refractivity contribution is 0.0544. The summed E-state index contributed by atoms with van der Waals surface area (Å²) in [7, 11) is 0. The highest BCUT2D eigenvalue weighted by Gasteiger charge is 2.27. The summed E-state index contributed by atoms with van der Waals surface area (Å²) in [6, 6.07) is 8.07. The zero-order chi connectivity index (χ0) is 13.1. The lowest BCUT2D eigenvalue weighted by Gasteiger charge is -2.38. The second-order valence-corrected chi connectivity index (χ2v) is 5.38. The molecule has 1 aromatic carbocycles. The molecule has 3 rings (SSSR count). The number of para-hydroxylation sites is 2. The number of fused-ring (bicyclic) bond motifs is 1. The van der Waals surface area contributed by atoms with Crippen LogP contribution in [0.4, 0.5) is 5.69 Å². The van der Waals surface area contributed by atoms with Gasteiger partial charge >= 0.3 is 0 Å². The van der Waals surface area contributed by atoms with Crippen molar-refractivity contribution in [3.8, 4) is 5.75 Å². The number of aliphatic hydroxyl groups excluding tert-OH is 1. The zero-order valence-corrected chi connectivity index (χ0v) is 11.1. The molecular weight excluding hydrogens is 242 g/mol. The first-order valence-corrected chi connectivity index (χ1v) is 7.06. The molecule has 0 aromatic heterocycles. The largest absolute Gasteiger partial charge is 0.484 e. The average molecular weight is 263 g/mol. The van der Waals surface area contributed by atoms with Crippen LogP contribution in [0, 0.1) is 5.92 Å². The summed E-state index contributed by atoms with van der Waals surface area (Å²) in [5.74, 6) is 1.46. The van der Waals surface area contributed by atoms with E-state index in [0.717, 1.165) is 44.2 Å². The summed E-state index contributed by atoms with van der Waals surface area (Å²) in [5.41, 5.74) is 1.14. The summed E-state index contributed by atoms with van der Waals surface area (Å²) in [6.45, 7) is 3.55. The Hall–Kier alpha value is -1.26. The molecule has 1 aromatic rings. The molecule has 1 saturated heterocycles. The van der Waals surface area contributed by atoms with Gasteiger partial charge in [0.2, 0.25) is 0 Å². The Morgan fingerprint density at radius 1 is 1.32 bits per heavy atom. The molecule has 4 heteroatoms. The van der Waals surface area contributed by atoms with Crippen LogP contribution in [0.5, 0.6) is 5.75 Å². The van der Waals surface area contributed by atoms with Crippen molar-refractivity contribution in [2.45, 2.75) is 18.9 Å². The summed E-state index contributed by atoms with van der Waals surface area (Å²) in [4.78, 5) is 2.33. The van der Waals surface area contributed by atoms with E-state index in [2.05, 4.69) is 11.0 Å². The van der Waals surface area contributed by atoms with Crippen LogP contribution in [0.25, 0.3) is 0 Å². The molecule has 104 valence electrons. The van der Waals surface area contributed by atoms with Gasteiger partial charge in [-0.05, 0) is 30.9 Å². The van der Waals surface area contributed by atoms with E-state index in [1.807, 2.05) is 18.2 Å². The fourth-order valence-corrected chi connectivity index (χ4v) is 2.91. The Morgan fingerprint density at radius 2 is 2.21 bits per heavy atom. The molecule has 0 radical (unpaired) electrons. The average Bonchev–Trinajstić information content (AvgIpc) is 2.48. The number of ether oxygens (including phenoxy) is 2. The molecule has 19 heavy (non-hydrogen) atoms. The lowest BCUT2D eigenvalue weighted by atomic mass is 10.0. The van der Waals surface area contributed by atoms with E-state index in [9.17, 15) is 5.11 Å². The standard InChI is InChI=1S/C15H21NO3/c17-10-13-9-16(8-12-4-3-7-18-11-12)14-5-1-2-6-15(14)19-13/h1-2,5-6,12-13,17H,3-4,7-11H2/t12-,13-/m0/s1. The molecule has 1 fully saturated rings. The Labute approximate surface area is 113 Å². The molecule has 0 saturated carbocycles. The van der Waals surface area contributed by atoms with Gasteiger partial charge in [0, 0.05) is 13.2 Å². The zero-order valence-electron chi connectivity index (χ0n) is 11.1. The third-order valence-electron chi connectivity index (χ3n) is 3.86. The lowest BCUT2D eigenvalue weighted by Crippen LogP contribution is -2.45. The molecule has 2 heterocycles. The summed E-state index contributed by atoms with van der Waals surface area (Å²) < 4.78 is 11.3. The first-order valence-electron chi connectivity index (χ1n) is 7.06. The molecule has 0 unspecified atom stereocenters. The minimum absolute atomic E-state index is 0.0615. The van der Waals surface area contributed by atoms with Crippen LogP contribution >= 0.6 is 0 Å². The van der Waals surface area contributed by atoms with Crippen molar-refractivity contribution in [2.75, 3.05) is 37.8 Å². The highest BCUT2D eigenvalue weighted by molar-refractivity contribution is 5.60. The van der Waals surface area contributed by atoms with Gasteiger partial charge in [-0.15, -0.1) is 0 Å². The topological polar surface area (TPSA) is 41.9 Å². The number of hydrogen-bond acceptors (Lipinski definition) is 4. The van der Waals surface area contributed by atoms with E-state index in [0.29, 0.717) is 5.92 Å². The van der Waals surface area contributed by atoms with Crippen molar-refractivity contribution in [3.05, 3.63) is 24.3 Å². The van der Waals surface area contributed by atoms with E-state index in [-0.39, 0.29) is 12.7 Å². The summed E-state index contributed by atoms with van der Waals surface area (Å²) >= 11 is 0.